The number of amides is 1. The molecule has 4 N–H and O–H groups in total. The number of aromatic amines is 1. The highest BCUT2D eigenvalue weighted by atomic mass is 16.5. The summed E-state index contributed by atoms with van der Waals surface area (Å²) in [5.74, 6) is -0.409. The first kappa shape index (κ1) is 20.0. The van der Waals surface area contributed by atoms with Crippen molar-refractivity contribution in [3.8, 4) is 34.3 Å². The van der Waals surface area contributed by atoms with Gasteiger partial charge in [-0.05, 0) is 31.2 Å². The van der Waals surface area contributed by atoms with Crippen LogP contribution in [0, 0.1) is 0 Å². The summed E-state index contributed by atoms with van der Waals surface area (Å²) in [6, 6.07) is 11.7. The lowest BCUT2D eigenvalue weighted by atomic mass is 10.1. The van der Waals surface area contributed by atoms with E-state index < -0.39 is 11.6 Å². The average Bonchev–Trinajstić information content (AvgIpc) is 3.09. The van der Waals surface area contributed by atoms with Crippen molar-refractivity contribution in [3.63, 3.8) is 0 Å². The molecule has 0 atom stereocenters. The van der Waals surface area contributed by atoms with Crippen molar-refractivity contribution in [1.29, 1.82) is 0 Å². The van der Waals surface area contributed by atoms with Crippen LogP contribution in [-0.2, 0) is 0 Å². The van der Waals surface area contributed by atoms with Crippen molar-refractivity contribution < 1.29 is 19.4 Å². The highest BCUT2D eigenvalue weighted by molar-refractivity contribution is 6.02. The number of primary amides is 1. The summed E-state index contributed by atoms with van der Waals surface area (Å²) < 4.78 is 12.1. The smallest absolute Gasteiger partial charge is 0.332 e. The molecule has 2 heterocycles. The molecule has 10 nitrogen and oxygen atoms in total. The second kappa shape index (κ2) is 7.82. The molecule has 4 rings (SSSR count). The molecule has 4 aromatic rings. The maximum Gasteiger partial charge on any atom is 0.332 e. The highest BCUT2D eigenvalue weighted by Gasteiger charge is 2.23. The number of imidazole rings is 1. The van der Waals surface area contributed by atoms with E-state index in [0.717, 1.165) is 0 Å². The van der Waals surface area contributed by atoms with E-state index in [4.69, 9.17) is 15.2 Å². The van der Waals surface area contributed by atoms with Crippen LogP contribution in [0.5, 0.6) is 17.2 Å². The minimum Gasteiger partial charge on any atom is -0.504 e. The number of ether oxygens (including phenoxy) is 2. The molecule has 0 spiro atoms. The molecular weight excluding hydrogens is 402 g/mol. The predicted molar refractivity (Wildman–Crippen MR) is 113 cm³/mol. The van der Waals surface area contributed by atoms with Gasteiger partial charge in [-0.25, -0.2) is 19.3 Å². The van der Waals surface area contributed by atoms with Gasteiger partial charge >= 0.3 is 5.69 Å². The van der Waals surface area contributed by atoms with Crippen LogP contribution in [-0.4, -0.2) is 44.2 Å². The van der Waals surface area contributed by atoms with Gasteiger partial charge in [0, 0.05) is 0 Å². The number of hydrogen-bond acceptors (Lipinski definition) is 7. The monoisotopic (exact) mass is 421 g/mol. The summed E-state index contributed by atoms with van der Waals surface area (Å²) in [6.45, 7) is 2.21. The van der Waals surface area contributed by atoms with Gasteiger partial charge in [0.05, 0.1) is 25.0 Å². The first-order chi connectivity index (χ1) is 15.0. The van der Waals surface area contributed by atoms with Crippen LogP contribution in [0.4, 0.5) is 0 Å². The standard InChI is InChI=1S/C21H19N5O5/c1-3-31-13-9-5-4-8-12(13)26-20-16(24-21(26)29)15(18(22)28)23-19(25-20)11-7-6-10-14(30-2)17(11)27/h4-10,27H,3H2,1-2H3,(H2,22,28)(H,24,29). The number of phenols is 1. The maximum atomic E-state index is 12.8. The zero-order valence-electron chi connectivity index (χ0n) is 16.7. The average molecular weight is 421 g/mol. The van der Waals surface area contributed by atoms with Crippen molar-refractivity contribution >= 4 is 17.1 Å². The van der Waals surface area contributed by atoms with Crippen molar-refractivity contribution in [1.82, 2.24) is 19.5 Å². The molecule has 158 valence electrons. The van der Waals surface area contributed by atoms with E-state index in [9.17, 15) is 14.7 Å². The number of carbonyl (C=O) groups excluding carboxylic acids is 1. The number of hydrogen-bond donors (Lipinski definition) is 3. The molecule has 0 saturated heterocycles. The van der Waals surface area contributed by atoms with Crippen molar-refractivity contribution in [3.05, 3.63) is 58.6 Å². The number of nitrogens with one attached hydrogen (secondary N) is 1. The Morgan fingerprint density at radius 1 is 1.16 bits per heavy atom. The van der Waals surface area contributed by atoms with E-state index >= 15 is 0 Å². The third kappa shape index (κ3) is 3.33. The number of methoxy groups -OCH3 is 1. The van der Waals surface area contributed by atoms with Gasteiger partial charge in [-0.1, -0.05) is 18.2 Å². The fourth-order valence-corrected chi connectivity index (χ4v) is 3.29. The minimum absolute atomic E-state index is 0.000610. The van der Waals surface area contributed by atoms with Gasteiger partial charge in [0.15, 0.2) is 28.7 Å². The first-order valence-corrected chi connectivity index (χ1v) is 9.37. The van der Waals surface area contributed by atoms with Crippen LogP contribution in [0.15, 0.2) is 47.3 Å². The molecule has 0 unspecified atom stereocenters. The predicted octanol–water partition coefficient (Wildman–Crippen LogP) is 1.99. The third-order valence-electron chi connectivity index (χ3n) is 4.64. The molecule has 0 aliphatic heterocycles. The largest absolute Gasteiger partial charge is 0.504 e. The van der Waals surface area contributed by atoms with Crippen molar-refractivity contribution in [2.75, 3.05) is 13.7 Å². The van der Waals surface area contributed by atoms with Crippen LogP contribution in [0.25, 0.3) is 28.2 Å². The summed E-state index contributed by atoms with van der Waals surface area (Å²) in [5.41, 5.74) is 5.61. The number of aromatic hydroxyl groups is 1. The fraction of sp³-hybridized carbons (Fsp3) is 0.143. The van der Waals surface area contributed by atoms with E-state index in [1.54, 1.807) is 42.5 Å². The number of nitrogens with two attached hydrogens (primary N) is 1. The minimum atomic E-state index is -0.859. The molecule has 0 fully saturated rings. The van der Waals surface area contributed by atoms with E-state index in [2.05, 4.69) is 15.0 Å². The van der Waals surface area contributed by atoms with Gasteiger partial charge in [0.25, 0.3) is 5.91 Å². The molecule has 0 aliphatic carbocycles. The molecule has 2 aromatic heterocycles. The van der Waals surface area contributed by atoms with Crippen molar-refractivity contribution in [2.45, 2.75) is 6.92 Å². The number of aromatic nitrogens is 4. The quantitative estimate of drug-likeness (QED) is 0.431. The summed E-state index contributed by atoms with van der Waals surface area (Å²) >= 11 is 0. The van der Waals surface area contributed by atoms with E-state index in [1.165, 1.54) is 11.7 Å². The molecular formula is C21H19N5O5. The lowest BCUT2D eigenvalue weighted by molar-refractivity contribution is 0.0997. The topological polar surface area (TPSA) is 145 Å². The number of benzene rings is 2. The Bertz CT molecular complexity index is 1360. The molecule has 0 bridgehead atoms. The Morgan fingerprint density at radius 2 is 1.90 bits per heavy atom. The summed E-state index contributed by atoms with van der Waals surface area (Å²) in [4.78, 5) is 36.2. The second-order valence-electron chi connectivity index (χ2n) is 6.48. The second-order valence-corrected chi connectivity index (χ2v) is 6.48. The third-order valence-corrected chi connectivity index (χ3v) is 4.64. The van der Waals surface area contributed by atoms with Gasteiger partial charge in [-0.15, -0.1) is 0 Å². The molecule has 0 aliphatic rings. The van der Waals surface area contributed by atoms with Gasteiger partial charge in [-0.3, -0.25) is 4.79 Å². The number of rotatable bonds is 6. The van der Waals surface area contributed by atoms with Crippen molar-refractivity contribution in [2.24, 2.45) is 5.73 Å². The van der Waals surface area contributed by atoms with Gasteiger partial charge in [0.2, 0.25) is 0 Å². The number of fused-ring (bicyclic) bond motifs is 1. The van der Waals surface area contributed by atoms with Gasteiger partial charge in [0.1, 0.15) is 11.3 Å². The molecule has 2 aromatic carbocycles. The molecule has 0 saturated carbocycles. The Kier molecular flexibility index (Phi) is 5.04. The van der Waals surface area contributed by atoms with Gasteiger partial charge in [-0.2, -0.15) is 0 Å². The first-order valence-electron chi connectivity index (χ1n) is 9.37. The Balaban J connectivity index is 2.07. The summed E-state index contributed by atoms with van der Waals surface area (Å²) in [5, 5.41) is 10.5. The molecule has 10 heteroatoms. The number of nitrogens with zero attached hydrogens (tertiary/aromatic N) is 3. The zero-order valence-corrected chi connectivity index (χ0v) is 16.7. The summed E-state index contributed by atoms with van der Waals surface area (Å²) in [6.07, 6.45) is 0. The van der Waals surface area contributed by atoms with E-state index in [-0.39, 0.29) is 39.7 Å². The van der Waals surface area contributed by atoms with Crippen LogP contribution in [0.3, 0.4) is 0 Å². The zero-order chi connectivity index (χ0) is 22.1. The lowest BCUT2D eigenvalue weighted by Crippen LogP contribution is -2.16. The van der Waals surface area contributed by atoms with Gasteiger partial charge < -0.3 is 25.3 Å². The fourth-order valence-electron chi connectivity index (χ4n) is 3.29. The SMILES string of the molecule is CCOc1ccccc1-n1c(=O)[nH]c2c(C(N)=O)nc(-c3cccc(OC)c3O)nc21. The Morgan fingerprint density at radius 3 is 2.61 bits per heavy atom. The van der Waals surface area contributed by atoms with Crippen LogP contribution >= 0.6 is 0 Å². The highest BCUT2D eigenvalue weighted by Crippen LogP contribution is 2.36. The van der Waals surface area contributed by atoms with E-state index in [0.29, 0.717) is 18.0 Å². The number of phenolic OH excluding ortho intramolecular Hbond substituents is 1. The maximum absolute atomic E-state index is 12.8. The molecule has 0 radical (unpaired) electrons. The Hall–Kier alpha value is -4.34. The van der Waals surface area contributed by atoms with E-state index in [1.807, 2.05) is 6.92 Å². The number of para-hydroxylation sites is 3. The molecule has 1 amide bonds. The van der Waals surface area contributed by atoms with Crippen LogP contribution in [0.2, 0.25) is 0 Å². The summed E-state index contributed by atoms with van der Waals surface area (Å²) in [7, 11) is 1.41. The number of carbonyl (C=O) groups is 1. The number of H-pyrrole nitrogens is 1. The van der Waals surface area contributed by atoms with Crippen LogP contribution < -0.4 is 20.9 Å². The van der Waals surface area contributed by atoms with Crippen LogP contribution in [0.1, 0.15) is 17.4 Å². The normalized spacial score (nSPS) is 10.9. The molecule has 31 heavy (non-hydrogen) atoms. The lowest BCUT2D eigenvalue weighted by Gasteiger charge is -2.12. The Labute approximate surface area is 175 Å².